The summed E-state index contributed by atoms with van der Waals surface area (Å²) < 4.78 is 0. The Morgan fingerprint density at radius 2 is 1.52 bits per heavy atom. The van der Waals surface area contributed by atoms with Crippen molar-refractivity contribution in [2.75, 3.05) is 6.61 Å². The average molecular weight is 353 g/mol. The quantitative estimate of drug-likeness (QED) is 0.584. The van der Waals surface area contributed by atoms with Gasteiger partial charge >= 0.3 is 0 Å². The molecule has 0 spiro atoms. The van der Waals surface area contributed by atoms with Crippen molar-refractivity contribution in [3.05, 3.63) is 0 Å². The second kappa shape index (κ2) is 5.67. The van der Waals surface area contributed by atoms with Crippen LogP contribution < -0.4 is 0 Å². The summed E-state index contributed by atoms with van der Waals surface area (Å²) in [6, 6.07) is 0. The van der Waals surface area contributed by atoms with E-state index in [0.717, 1.165) is 44.9 Å². The van der Waals surface area contributed by atoms with Gasteiger partial charge in [-0.1, -0.05) is 13.8 Å². The van der Waals surface area contributed by atoms with Crippen molar-refractivity contribution in [3.63, 3.8) is 0 Å². The van der Waals surface area contributed by atoms with E-state index in [2.05, 4.69) is 13.8 Å². The summed E-state index contributed by atoms with van der Waals surface area (Å²) in [5, 5.41) is 41.9. The van der Waals surface area contributed by atoms with Crippen LogP contribution in [0.25, 0.3) is 0 Å². The second-order valence-corrected chi connectivity index (χ2v) is 10.5. The van der Waals surface area contributed by atoms with Crippen LogP contribution in [-0.2, 0) is 0 Å². The van der Waals surface area contributed by atoms with Gasteiger partial charge in [-0.3, -0.25) is 0 Å². The van der Waals surface area contributed by atoms with Crippen molar-refractivity contribution in [1.29, 1.82) is 0 Å². The second-order valence-electron chi connectivity index (χ2n) is 10.5. The van der Waals surface area contributed by atoms with E-state index in [-0.39, 0.29) is 29.3 Å². The summed E-state index contributed by atoms with van der Waals surface area (Å²) in [6.07, 6.45) is 5.54. The molecule has 0 aromatic rings. The third kappa shape index (κ3) is 2.27. The molecular weight excluding hydrogens is 316 g/mol. The Morgan fingerprint density at radius 1 is 0.840 bits per heavy atom. The molecule has 4 nitrogen and oxygen atoms in total. The molecule has 4 aliphatic carbocycles. The molecule has 0 aromatic carbocycles. The number of hydrogen-bond donors (Lipinski definition) is 4. The van der Waals surface area contributed by atoms with Gasteiger partial charge in [0.25, 0.3) is 0 Å². The van der Waals surface area contributed by atoms with Gasteiger partial charge < -0.3 is 20.4 Å². The van der Waals surface area contributed by atoms with Crippen LogP contribution in [0.3, 0.4) is 0 Å². The predicted octanol–water partition coefficient (Wildman–Crippen LogP) is 2.33. The molecular formula is C21H36O4. The standard InChI is InChI=1S/C21H36O4/c1-19-10-12(11-22)17(23)18(24)16(19)5-4-13-14(19)6-8-20(2)15(13)7-9-21(20,3)25/h12-18,22-25H,4-11H2,1-3H3/t12?,13-,14+,15+,16+,17-,18?,19-,20+,21+/m1/s1. The third-order valence-electron chi connectivity index (χ3n) is 9.69. The van der Waals surface area contributed by atoms with Crippen molar-refractivity contribution in [2.24, 2.45) is 40.4 Å². The third-order valence-corrected chi connectivity index (χ3v) is 9.69. The van der Waals surface area contributed by atoms with E-state index in [1.807, 2.05) is 6.92 Å². The van der Waals surface area contributed by atoms with Crippen molar-refractivity contribution < 1.29 is 20.4 Å². The van der Waals surface area contributed by atoms with Crippen molar-refractivity contribution in [1.82, 2.24) is 0 Å². The fourth-order valence-electron chi connectivity index (χ4n) is 7.97. The van der Waals surface area contributed by atoms with Crippen LogP contribution in [0.5, 0.6) is 0 Å². The molecule has 25 heavy (non-hydrogen) atoms. The summed E-state index contributed by atoms with van der Waals surface area (Å²) in [6.45, 7) is 6.59. The minimum atomic E-state index is -0.791. The van der Waals surface area contributed by atoms with Crippen LogP contribution in [0.1, 0.15) is 65.7 Å². The topological polar surface area (TPSA) is 80.9 Å². The van der Waals surface area contributed by atoms with E-state index in [1.165, 1.54) is 0 Å². The maximum absolute atomic E-state index is 11.0. The highest BCUT2D eigenvalue weighted by Gasteiger charge is 2.64. The van der Waals surface area contributed by atoms with E-state index < -0.39 is 17.8 Å². The summed E-state index contributed by atoms with van der Waals surface area (Å²) in [5.41, 5.74) is -0.554. The lowest BCUT2D eigenvalue weighted by atomic mass is 9.43. The van der Waals surface area contributed by atoms with Gasteiger partial charge in [0.2, 0.25) is 0 Å². The van der Waals surface area contributed by atoms with Crippen LogP contribution in [-0.4, -0.2) is 44.8 Å². The zero-order valence-electron chi connectivity index (χ0n) is 16.0. The first-order valence-electron chi connectivity index (χ1n) is 10.3. The highest BCUT2D eigenvalue weighted by atomic mass is 16.3. The van der Waals surface area contributed by atoms with Gasteiger partial charge in [-0.25, -0.2) is 0 Å². The summed E-state index contributed by atoms with van der Waals surface area (Å²) in [5.74, 6) is 1.63. The molecule has 0 heterocycles. The Hall–Kier alpha value is -0.160. The van der Waals surface area contributed by atoms with Crippen molar-refractivity contribution >= 4 is 0 Å². The fraction of sp³-hybridized carbons (Fsp3) is 1.00. The molecule has 4 rings (SSSR count). The molecule has 0 saturated heterocycles. The molecule has 4 heteroatoms. The first-order chi connectivity index (χ1) is 11.7. The Balaban J connectivity index is 1.66. The van der Waals surface area contributed by atoms with Crippen LogP contribution in [0.2, 0.25) is 0 Å². The summed E-state index contributed by atoms with van der Waals surface area (Å²) in [4.78, 5) is 0. The maximum atomic E-state index is 11.0. The van der Waals surface area contributed by atoms with Crippen LogP contribution >= 0.6 is 0 Å². The zero-order chi connectivity index (χ0) is 18.2. The number of aliphatic hydroxyl groups is 4. The molecule has 0 aromatic heterocycles. The lowest BCUT2D eigenvalue weighted by Gasteiger charge is -2.63. The molecule has 0 amide bonds. The SMILES string of the molecule is C[C@]12CC(CO)[C@@H](O)C(O)[C@@H]1CC[C@@H]1[C@@H]2CC[C@@]2(C)[C@H]1CC[C@]2(C)O. The van der Waals surface area contributed by atoms with Crippen LogP contribution in [0, 0.1) is 40.4 Å². The van der Waals surface area contributed by atoms with Crippen molar-refractivity contribution in [3.8, 4) is 0 Å². The molecule has 0 radical (unpaired) electrons. The highest BCUT2D eigenvalue weighted by Crippen LogP contribution is 2.68. The van der Waals surface area contributed by atoms with Gasteiger partial charge in [-0.15, -0.1) is 0 Å². The van der Waals surface area contributed by atoms with E-state index >= 15 is 0 Å². The molecule has 144 valence electrons. The molecule has 10 atom stereocenters. The molecule has 0 bridgehead atoms. The molecule has 4 N–H and O–H groups in total. The minimum absolute atomic E-state index is 0.00919. The van der Waals surface area contributed by atoms with Gasteiger partial charge in [0.15, 0.2) is 0 Å². The molecule has 4 saturated carbocycles. The largest absolute Gasteiger partial charge is 0.396 e. The summed E-state index contributed by atoms with van der Waals surface area (Å²) in [7, 11) is 0. The summed E-state index contributed by atoms with van der Waals surface area (Å²) >= 11 is 0. The predicted molar refractivity (Wildman–Crippen MR) is 95.7 cm³/mol. The van der Waals surface area contributed by atoms with Gasteiger partial charge in [0.05, 0.1) is 17.8 Å². The Morgan fingerprint density at radius 3 is 2.20 bits per heavy atom. The Kier molecular flexibility index (Phi) is 4.13. The van der Waals surface area contributed by atoms with Gasteiger partial charge in [0.1, 0.15) is 0 Å². The van der Waals surface area contributed by atoms with E-state index in [0.29, 0.717) is 17.8 Å². The Bertz CT molecular complexity index is 534. The highest BCUT2D eigenvalue weighted by molar-refractivity contribution is 5.14. The van der Waals surface area contributed by atoms with Gasteiger partial charge in [-0.2, -0.15) is 0 Å². The lowest BCUT2D eigenvalue weighted by molar-refractivity contribution is -0.204. The van der Waals surface area contributed by atoms with Crippen molar-refractivity contribution in [2.45, 2.75) is 83.5 Å². The van der Waals surface area contributed by atoms with Crippen LogP contribution in [0.15, 0.2) is 0 Å². The number of aliphatic hydroxyl groups excluding tert-OH is 3. The Labute approximate surface area is 151 Å². The molecule has 4 aliphatic rings. The number of rotatable bonds is 1. The van der Waals surface area contributed by atoms with E-state index in [9.17, 15) is 20.4 Å². The van der Waals surface area contributed by atoms with Gasteiger partial charge in [-0.05, 0) is 86.4 Å². The van der Waals surface area contributed by atoms with E-state index in [1.54, 1.807) is 0 Å². The average Bonchev–Trinajstić information content (AvgIpc) is 2.81. The number of hydrogen-bond acceptors (Lipinski definition) is 4. The van der Waals surface area contributed by atoms with Crippen LogP contribution in [0.4, 0.5) is 0 Å². The smallest absolute Gasteiger partial charge is 0.0852 e. The molecule has 4 fully saturated rings. The number of fused-ring (bicyclic) bond motifs is 5. The minimum Gasteiger partial charge on any atom is -0.396 e. The maximum Gasteiger partial charge on any atom is 0.0852 e. The first kappa shape index (κ1) is 18.2. The molecule has 0 aliphatic heterocycles. The monoisotopic (exact) mass is 352 g/mol. The zero-order valence-corrected chi connectivity index (χ0v) is 16.0. The van der Waals surface area contributed by atoms with Gasteiger partial charge in [0, 0.05) is 12.5 Å². The first-order valence-corrected chi connectivity index (χ1v) is 10.3. The normalized spacial score (nSPS) is 61.3. The van der Waals surface area contributed by atoms with E-state index in [4.69, 9.17) is 0 Å². The fourth-order valence-corrected chi connectivity index (χ4v) is 7.97. The lowest BCUT2D eigenvalue weighted by Crippen LogP contribution is -2.61. The molecule has 2 unspecified atom stereocenters.